The third-order valence-electron chi connectivity index (χ3n) is 6.96. The number of benzene rings is 2. The zero-order valence-corrected chi connectivity index (χ0v) is 23.9. The quantitative estimate of drug-likeness (QED) is 0.307. The van der Waals surface area contributed by atoms with Crippen molar-refractivity contribution < 1.29 is 27.9 Å². The zero-order valence-electron chi connectivity index (χ0n) is 23.9. The lowest BCUT2D eigenvalue weighted by molar-refractivity contribution is -0.138. The zero-order chi connectivity index (χ0) is 30.4. The molecule has 0 fully saturated rings. The van der Waals surface area contributed by atoms with Crippen LogP contribution in [0.2, 0.25) is 0 Å². The molecule has 0 radical (unpaired) electrons. The van der Waals surface area contributed by atoms with Crippen molar-refractivity contribution in [1.82, 2.24) is 14.8 Å². The van der Waals surface area contributed by atoms with Crippen molar-refractivity contribution >= 4 is 11.9 Å². The van der Waals surface area contributed by atoms with Gasteiger partial charge in [-0.15, -0.1) is 0 Å². The molecular formula is C31H36F3N3O4. The Kier molecular flexibility index (Phi) is 10.5. The number of carbonyl (C=O) groups is 2. The fourth-order valence-electron chi connectivity index (χ4n) is 5.02. The summed E-state index contributed by atoms with van der Waals surface area (Å²) in [5.41, 5.74) is 1.71. The Hall–Kier alpha value is -3.92. The first-order chi connectivity index (χ1) is 19.3. The number of rotatable bonds is 12. The summed E-state index contributed by atoms with van der Waals surface area (Å²) in [4.78, 5) is 40.2. The molecule has 220 valence electrons. The van der Waals surface area contributed by atoms with E-state index in [4.69, 9.17) is 0 Å². The van der Waals surface area contributed by atoms with E-state index in [-0.39, 0.29) is 17.5 Å². The number of nitrogens with one attached hydrogen (secondary N) is 1. The first-order valence-corrected chi connectivity index (χ1v) is 13.5. The number of carboxylic acid groups (broad SMARTS) is 1. The van der Waals surface area contributed by atoms with Crippen LogP contribution in [0.3, 0.4) is 0 Å². The van der Waals surface area contributed by atoms with E-state index in [0.717, 1.165) is 18.2 Å². The van der Waals surface area contributed by atoms with Gasteiger partial charge in [0.1, 0.15) is 11.9 Å². The van der Waals surface area contributed by atoms with Gasteiger partial charge in [0, 0.05) is 24.4 Å². The van der Waals surface area contributed by atoms with Gasteiger partial charge in [-0.05, 0) is 92.9 Å². The molecule has 0 aliphatic rings. The van der Waals surface area contributed by atoms with Crippen LogP contribution in [-0.4, -0.2) is 47.1 Å². The number of pyridine rings is 1. The van der Waals surface area contributed by atoms with Crippen LogP contribution in [0.25, 0.3) is 11.1 Å². The summed E-state index contributed by atoms with van der Waals surface area (Å²) in [6.07, 6.45) is 2.29. The molecule has 10 heteroatoms. The van der Waals surface area contributed by atoms with Crippen LogP contribution in [0.15, 0.2) is 47.4 Å². The molecule has 0 spiro atoms. The lowest BCUT2D eigenvalue weighted by Crippen LogP contribution is -2.40. The Morgan fingerprint density at radius 2 is 1.71 bits per heavy atom. The van der Waals surface area contributed by atoms with E-state index in [1.54, 1.807) is 26.1 Å². The largest absolute Gasteiger partial charge is 0.481 e. The Labute approximate surface area is 237 Å². The van der Waals surface area contributed by atoms with E-state index in [1.807, 2.05) is 25.9 Å². The smallest absolute Gasteiger partial charge is 0.305 e. The van der Waals surface area contributed by atoms with E-state index in [9.17, 15) is 28.3 Å². The molecule has 2 atom stereocenters. The molecule has 0 saturated heterocycles. The van der Waals surface area contributed by atoms with Gasteiger partial charge in [0.2, 0.25) is 5.91 Å². The van der Waals surface area contributed by atoms with Gasteiger partial charge >= 0.3 is 5.97 Å². The molecule has 2 N–H and O–H groups in total. The summed E-state index contributed by atoms with van der Waals surface area (Å²) in [5.74, 6) is -5.05. The summed E-state index contributed by atoms with van der Waals surface area (Å²) in [6.45, 7) is 5.81. The third-order valence-corrected chi connectivity index (χ3v) is 6.96. The molecule has 0 aliphatic heterocycles. The van der Waals surface area contributed by atoms with E-state index in [1.165, 1.54) is 28.8 Å². The van der Waals surface area contributed by atoms with Gasteiger partial charge in [-0.25, -0.2) is 13.2 Å². The number of hydrogen-bond acceptors (Lipinski definition) is 4. The highest BCUT2D eigenvalue weighted by Gasteiger charge is 2.29. The lowest BCUT2D eigenvalue weighted by atomic mass is 9.91. The fraction of sp³-hybridized carbons (Fsp3) is 0.387. The van der Waals surface area contributed by atoms with Gasteiger partial charge in [-0.1, -0.05) is 19.4 Å². The second-order valence-electron chi connectivity index (χ2n) is 10.6. The number of aromatic nitrogens is 1. The van der Waals surface area contributed by atoms with Crippen LogP contribution in [0.4, 0.5) is 13.2 Å². The summed E-state index contributed by atoms with van der Waals surface area (Å²) in [6, 6.07) is 5.40. The highest BCUT2D eigenvalue weighted by Crippen LogP contribution is 2.33. The lowest BCUT2D eigenvalue weighted by Gasteiger charge is -2.25. The van der Waals surface area contributed by atoms with Gasteiger partial charge in [-0.2, -0.15) is 0 Å². The van der Waals surface area contributed by atoms with Gasteiger partial charge in [0.25, 0.3) is 5.56 Å². The van der Waals surface area contributed by atoms with Crippen molar-refractivity contribution in [2.24, 2.45) is 0 Å². The minimum absolute atomic E-state index is 0.216. The van der Waals surface area contributed by atoms with Gasteiger partial charge in [-0.3, -0.25) is 14.4 Å². The average Bonchev–Trinajstić information content (AvgIpc) is 2.87. The van der Waals surface area contributed by atoms with Crippen molar-refractivity contribution in [3.63, 3.8) is 0 Å². The Bertz CT molecular complexity index is 1460. The Morgan fingerprint density at radius 1 is 1.05 bits per heavy atom. The highest BCUT2D eigenvalue weighted by atomic mass is 19.2. The average molecular weight is 572 g/mol. The summed E-state index contributed by atoms with van der Waals surface area (Å²) in [7, 11) is 3.84. The van der Waals surface area contributed by atoms with Crippen molar-refractivity contribution in [2.75, 3.05) is 20.6 Å². The van der Waals surface area contributed by atoms with Crippen LogP contribution in [0, 0.1) is 31.3 Å². The SMILES string of the molecule is CCCC(C(=O)NC(CC(=O)O)c1cc(-c2c(C)cc(F)cc2C)cc(F)c1F)n1cc(CCN(C)C)ccc1=O. The number of hydrogen-bond donors (Lipinski definition) is 2. The van der Waals surface area contributed by atoms with Gasteiger partial charge in [0.15, 0.2) is 11.6 Å². The standard InChI is InChI=1S/C31H36F3N3O4/c1-6-7-26(37-17-20(8-9-27(37)38)10-11-36(4)5)31(41)35-25(16-28(39)40)23-14-21(15-24(33)30(23)34)29-18(2)12-22(32)13-19(29)3/h8-9,12-15,17,25-26H,6-7,10-11,16H2,1-5H3,(H,35,41)(H,39,40). The van der Waals surface area contributed by atoms with E-state index < -0.39 is 53.4 Å². The monoisotopic (exact) mass is 571 g/mol. The highest BCUT2D eigenvalue weighted by molar-refractivity contribution is 5.82. The van der Waals surface area contributed by atoms with E-state index in [0.29, 0.717) is 29.5 Å². The van der Waals surface area contributed by atoms with Crippen molar-refractivity contribution in [2.45, 2.75) is 58.5 Å². The molecule has 7 nitrogen and oxygen atoms in total. The second-order valence-corrected chi connectivity index (χ2v) is 10.6. The molecule has 0 saturated carbocycles. The van der Waals surface area contributed by atoms with E-state index in [2.05, 4.69) is 5.32 Å². The van der Waals surface area contributed by atoms with Crippen molar-refractivity contribution in [3.8, 4) is 11.1 Å². The van der Waals surface area contributed by atoms with Crippen LogP contribution in [-0.2, 0) is 16.0 Å². The van der Waals surface area contributed by atoms with E-state index >= 15 is 4.39 Å². The number of halogens is 3. The van der Waals surface area contributed by atoms with Gasteiger partial charge in [0.05, 0.1) is 12.5 Å². The number of nitrogens with zero attached hydrogens (tertiary/aromatic N) is 2. The maximum absolute atomic E-state index is 15.2. The first-order valence-electron chi connectivity index (χ1n) is 13.5. The number of carboxylic acids is 1. The molecule has 0 aliphatic carbocycles. The molecule has 0 bridgehead atoms. The fourth-order valence-corrected chi connectivity index (χ4v) is 5.02. The normalized spacial score (nSPS) is 12.8. The van der Waals surface area contributed by atoms with Crippen LogP contribution in [0.1, 0.15) is 60.5 Å². The van der Waals surface area contributed by atoms with Gasteiger partial charge < -0.3 is 19.9 Å². The number of carbonyl (C=O) groups excluding carboxylic acids is 1. The number of aliphatic carboxylic acids is 1. The number of likely N-dealkylation sites (N-methyl/N-ethyl adjacent to an activating group) is 1. The topological polar surface area (TPSA) is 91.6 Å². The summed E-state index contributed by atoms with van der Waals surface area (Å²) in [5, 5.41) is 12.2. The second kappa shape index (κ2) is 13.6. The molecule has 41 heavy (non-hydrogen) atoms. The van der Waals surface area contributed by atoms with Crippen LogP contribution < -0.4 is 10.9 Å². The molecule has 1 amide bonds. The molecule has 3 aromatic rings. The third kappa shape index (κ3) is 7.85. The minimum atomic E-state index is -1.44. The molecule has 1 heterocycles. The maximum Gasteiger partial charge on any atom is 0.305 e. The van der Waals surface area contributed by atoms with Crippen LogP contribution >= 0.6 is 0 Å². The number of aryl methyl sites for hydroxylation is 2. The van der Waals surface area contributed by atoms with Crippen molar-refractivity contribution in [3.05, 3.63) is 92.7 Å². The Balaban J connectivity index is 2.05. The predicted molar refractivity (Wildman–Crippen MR) is 151 cm³/mol. The molecule has 2 aromatic carbocycles. The first kappa shape index (κ1) is 31.6. The predicted octanol–water partition coefficient (Wildman–Crippen LogP) is 5.33. The molecule has 1 aromatic heterocycles. The summed E-state index contributed by atoms with van der Waals surface area (Å²) >= 11 is 0. The Morgan fingerprint density at radius 3 is 2.29 bits per heavy atom. The molecule has 2 unspecified atom stereocenters. The molecule has 3 rings (SSSR count). The van der Waals surface area contributed by atoms with Crippen LogP contribution in [0.5, 0.6) is 0 Å². The minimum Gasteiger partial charge on any atom is -0.481 e. The number of amides is 1. The molecular weight excluding hydrogens is 535 g/mol. The van der Waals surface area contributed by atoms with Crippen molar-refractivity contribution in [1.29, 1.82) is 0 Å². The summed E-state index contributed by atoms with van der Waals surface area (Å²) < 4.78 is 45.3. The maximum atomic E-state index is 15.2.